The van der Waals surface area contributed by atoms with E-state index in [1.165, 1.54) is 0 Å². The van der Waals surface area contributed by atoms with Gasteiger partial charge in [-0.3, -0.25) is 4.79 Å². The summed E-state index contributed by atoms with van der Waals surface area (Å²) in [6.45, 7) is 1.26. The van der Waals surface area contributed by atoms with Crippen molar-refractivity contribution >= 4 is 11.6 Å². The van der Waals surface area contributed by atoms with Gasteiger partial charge in [0.25, 0.3) is 0 Å². The van der Waals surface area contributed by atoms with E-state index in [-0.39, 0.29) is 5.91 Å². The molecule has 0 N–H and O–H groups in total. The number of carbonyl (C=O) groups excluding carboxylic acids is 1. The third-order valence-electron chi connectivity index (χ3n) is 5.52. The number of aryl methyl sites for hydroxylation is 1. The maximum Gasteiger partial charge on any atom is 0.222 e. The van der Waals surface area contributed by atoms with Crippen LogP contribution in [0.4, 0.5) is 0 Å². The van der Waals surface area contributed by atoms with Gasteiger partial charge >= 0.3 is 0 Å². The van der Waals surface area contributed by atoms with Crippen molar-refractivity contribution in [1.29, 1.82) is 5.26 Å². The van der Waals surface area contributed by atoms with E-state index in [0.29, 0.717) is 38.8 Å². The van der Waals surface area contributed by atoms with Crippen LogP contribution in [-0.2, 0) is 16.6 Å². The van der Waals surface area contributed by atoms with E-state index in [0.717, 1.165) is 16.9 Å². The third kappa shape index (κ3) is 3.43. The number of nitrogens with zero attached hydrogens (tertiary/aromatic N) is 4. The van der Waals surface area contributed by atoms with E-state index in [1.54, 1.807) is 0 Å². The second-order valence-corrected chi connectivity index (χ2v) is 7.14. The first-order valence-corrected chi connectivity index (χ1v) is 9.37. The third-order valence-corrected chi connectivity index (χ3v) is 5.52. The molecule has 0 bridgehead atoms. The van der Waals surface area contributed by atoms with Crippen molar-refractivity contribution in [3.05, 3.63) is 72.2 Å². The molecule has 0 radical (unpaired) electrons. The highest BCUT2D eigenvalue weighted by Gasteiger charge is 2.37. The minimum absolute atomic E-state index is 0.145. The number of aromatic nitrogens is 2. The Balaban J connectivity index is 1.36. The molecule has 1 fully saturated rings. The summed E-state index contributed by atoms with van der Waals surface area (Å²) in [5.74, 6) is 0.145. The quantitative estimate of drug-likeness (QED) is 0.718. The number of pyridine rings is 1. The number of nitriles is 1. The van der Waals surface area contributed by atoms with E-state index in [1.807, 2.05) is 70.2 Å². The molecule has 0 atom stereocenters. The Hall–Kier alpha value is -3.13. The molecule has 2 aromatic heterocycles. The van der Waals surface area contributed by atoms with Gasteiger partial charge in [-0.25, -0.2) is 4.98 Å². The van der Waals surface area contributed by atoms with Crippen LogP contribution in [0.2, 0.25) is 0 Å². The van der Waals surface area contributed by atoms with Gasteiger partial charge < -0.3 is 9.30 Å². The second-order valence-electron chi connectivity index (χ2n) is 7.14. The summed E-state index contributed by atoms with van der Waals surface area (Å²) in [5, 5.41) is 9.78. The molecule has 27 heavy (non-hydrogen) atoms. The first-order valence-electron chi connectivity index (χ1n) is 9.37. The van der Waals surface area contributed by atoms with Crippen LogP contribution in [0, 0.1) is 11.3 Å². The maximum atomic E-state index is 12.6. The van der Waals surface area contributed by atoms with Crippen molar-refractivity contribution in [2.45, 2.75) is 31.1 Å². The SMILES string of the molecule is N#CC1(c2ccccc2)CCN(C(=O)CCc2cn3ccccc3n2)CC1. The molecule has 3 heterocycles. The van der Waals surface area contributed by atoms with Gasteiger partial charge in [0.15, 0.2) is 0 Å². The van der Waals surface area contributed by atoms with Crippen LogP contribution in [0.3, 0.4) is 0 Å². The fourth-order valence-electron chi connectivity index (χ4n) is 3.86. The van der Waals surface area contributed by atoms with Crippen LogP contribution in [-0.4, -0.2) is 33.3 Å². The number of amides is 1. The minimum atomic E-state index is -0.473. The molecule has 0 unspecified atom stereocenters. The van der Waals surface area contributed by atoms with Crippen LogP contribution in [0.25, 0.3) is 5.65 Å². The molecular weight excluding hydrogens is 336 g/mol. The van der Waals surface area contributed by atoms with Crippen LogP contribution in [0.1, 0.15) is 30.5 Å². The molecule has 0 spiro atoms. The normalized spacial score (nSPS) is 16.2. The smallest absolute Gasteiger partial charge is 0.222 e. The zero-order chi connectivity index (χ0) is 18.7. The molecule has 1 saturated heterocycles. The van der Waals surface area contributed by atoms with Crippen LogP contribution < -0.4 is 0 Å². The Morgan fingerprint density at radius 1 is 1.11 bits per heavy atom. The Kier molecular flexibility index (Phi) is 4.64. The first kappa shape index (κ1) is 17.3. The van der Waals surface area contributed by atoms with Crippen LogP contribution in [0.15, 0.2) is 60.9 Å². The lowest BCUT2D eigenvalue weighted by Gasteiger charge is -2.37. The minimum Gasteiger partial charge on any atom is -0.343 e. The molecule has 1 aliphatic heterocycles. The average Bonchev–Trinajstić information content (AvgIpc) is 3.16. The largest absolute Gasteiger partial charge is 0.343 e. The van der Waals surface area contributed by atoms with Crippen molar-refractivity contribution in [1.82, 2.24) is 14.3 Å². The lowest BCUT2D eigenvalue weighted by molar-refractivity contribution is -0.132. The summed E-state index contributed by atoms with van der Waals surface area (Å²) in [6, 6.07) is 18.3. The van der Waals surface area contributed by atoms with Crippen LogP contribution in [0.5, 0.6) is 0 Å². The van der Waals surface area contributed by atoms with Gasteiger partial charge in [-0.05, 0) is 37.0 Å². The van der Waals surface area contributed by atoms with Gasteiger partial charge in [-0.15, -0.1) is 0 Å². The number of carbonyl (C=O) groups is 1. The standard InChI is InChI=1S/C22H22N4O/c23-17-22(18-6-2-1-3-7-18)11-14-25(15-12-22)21(27)10-9-19-16-26-13-5-4-8-20(26)24-19/h1-8,13,16H,9-12,14-15H2. The maximum absolute atomic E-state index is 12.6. The number of imidazole rings is 1. The Morgan fingerprint density at radius 2 is 1.85 bits per heavy atom. The number of benzene rings is 1. The summed E-state index contributed by atoms with van der Waals surface area (Å²) in [5.41, 5.74) is 2.42. The Morgan fingerprint density at radius 3 is 2.56 bits per heavy atom. The molecular formula is C22H22N4O. The molecule has 0 saturated carbocycles. The van der Waals surface area contributed by atoms with E-state index >= 15 is 0 Å². The summed E-state index contributed by atoms with van der Waals surface area (Å²) < 4.78 is 1.97. The molecule has 136 valence electrons. The average molecular weight is 358 g/mol. The zero-order valence-corrected chi connectivity index (χ0v) is 15.2. The monoisotopic (exact) mass is 358 g/mol. The number of fused-ring (bicyclic) bond motifs is 1. The van der Waals surface area contributed by atoms with Crippen molar-refractivity contribution in [2.75, 3.05) is 13.1 Å². The highest BCUT2D eigenvalue weighted by molar-refractivity contribution is 5.76. The predicted octanol–water partition coefficient (Wildman–Crippen LogP) is 3.35. The highest BCUT2D eigenvalue weighted by atomic mass is 16.2. The number of piperidine rings is 1. The number of hydrogen-bond acceptors (Lipinski definition) is 3. The topological polar surface area (TPSA) is 61.4 Å². The molecule has 1 amide bonds. The van der Waals surface area contributed by atoms with Crippen molar-refractivity contribution < 1.29 is 4.79 Å². The lowest BCUT2D eigenvalue weighted by Crippen LogP contribution is -2.44. The molecule has 0 aliphatic carbocycles. The van der Waals surface area contributed by atoms with Crippen LogP contribution >= 0.6 is 0 Å². The van der Waals surface area contributed by atoms with Gasteiger partial charge in [0, 0.05) is 31.9 Å². The molecule has 3 aromatic rings. The second kappa shape index (κ2) is 7.24. The fourth-order valence-corrected chi connectivity index (χ4v) is 3.86. The summed E-state index contributed by atoms with van der Waals surface area (Å²) in [4.78, 5) is 19.1. The van der Waals surface area contributed by atoms with Gasteiger partial charge in [-0.2, -0.15) is 5.26 Å². The number of hydrogen-bond donors (Lipinski definition) is 0. The highest BCUT2D eigenvalue weighted by Crippen LogP contribution is 2.35. The Bertz CT molecular complexity index is 945. The van der Waals surface area contributed by atoms with E-state index < -0.39 is 5.41 Å². The molecule has 5 heteroatoms. The lowest BCUT2D eigenvalue weighted by atomic mass is 9.74. The van der Waals surface area contributed by atoms with Gasteiger partial charge in [-0.1, -0.05) is 36.4 Å². The molecule has 5 nitrogen and oxygen atoms in total. The number of rotatable bonds is 4. The van der Waals surface area contributed by atoms with E-state index in [2.05, 4.69) is 11.1 Å². The molecule has 1 aliphatic rings. The van der Waals surface area contributed by atoms with Gasteiger partial charge in [0.1, 0.15) is 5.65 Å². The summed E-state index contributed by atoms with van der Waals surface area (Å²) >= 11 is 0. The van der Waals surface area contributed by atoms with E-state index in [9.17, 15) is 10.1 Å². The number of likely N-dealkylation sites (tertiary alicyclic amines) is 1. The first-order chi connectivity index (χ1) is 13.2. The fraction of sp³-hybridized carbons (Fsp3) is 0.318. The van der Waals surface area contributed by atoms with Gasteiger partial charge in [0.2, 0.25) is 5.91 Å². The van der Waals surface area contributed by atoms with Crippen molar-refractivity contribution in [2.24, 2.45) is 0 Å². The molecule has 4 rings (SSSR count). The van der Waals surface area contributed by atoms with Crippen molar-refractivity contribution in [3.63, 3.8) is 0 Å². The summed E-state index contributed by atoms with van der Waals surface area (Å²) in [6.07, 6.45) is 6.41. The predicted molar refractivity (Wildman–Crippen MR) is 103 cm³/mol. The zero-order valence-electron chi connectivity index (χ0n) is 15.2. The van der Waals surface area contributed by atoms with E-state index in [4.69, 9.17) is 0 Å². The summed E-state index contributed by atoms with van der Waals surface area (Å²) in [7, 11) is 0. The van der Waals surface area contributed by atoms with Crippen molar-refractivity contribution in [3.8, 4) is 6.07 Å². The Labute approximate surface area is 158 Å². The van der Waals surface area contributed by atoms with Gasteiger partial charge in [0.05, 0.1) is 17.2 Å². The molecule has 1 aromatic carbocycles.